The molecule has 1 fully saturated rings. The first-order valence-electron chi connectivity index (χ1n) is 7.41. The lowest BCUT2D eigenvalue weighted by atomic mass is 10.0. The topological polar surface area (TPSA) is 81.6 Å². The Morgan fingerprint density at radius 1 is 1.48 bits per heavy atom. The standard InChI is InChI=1S/C15H23N3O3/c1-3-17(13-6-4-5-11(13)10-16)12-7-8-14(18(19)20)15(9-12)21-2/h7-9,11,13H,3-6,10,16H2,1-2H3. The van der Waals surface area contributed by atoms with Gasteiger partial charge in [-0.1, -0.05) is 6.42 Å². The molecule has 1 aliphatic rings. The number of hydrogen-bond acceptors (Lipinski definition) is 5. The van der Waals surface area contributed by atoms with E-state index in [0.717, 1.165) is 25.1 Å². The Morgan fingerprint density at radius 3 is 2.81 bits per heavy atom. The van der Waals surface area contributed by atoms with Gasteiger partial charge < -0.3 is 15.4 Å². The van der Waals surface area contributed by atoms with Crippen LogP contribution in [0.1, 0.15) is 26.2 Å². The maximum Gasteiger partial charge on any atom is 0.311 e. The predicted octanol–water partition coefficient (Wildman–Crippen LogP) is 2.56. The van der Waals surface area contributed by atoms with Crippen molar-refractivity contribution >= 4 is 11.4 Å². The molecule has 1 aromatic rings. The number of anilines is 1. The summed E-state index contributed by atoms with van der Waals surface area (Å²) in [5.74, 6) is 0.796. The van der Waals surface area contributed by atoms with Gasteiger partial charge in [-0.05, 0) is 38.3 Å². The first-order chi connectivity index (χ1) is 10.1. The second-order valence-corrected chi connectivity index (χ2v) is 5.39. The molecule has 6 heteroatoms. The maximum atomic E-state index is 11.0. The molecule has 2 atom stereocenters. The van der Waals surface area contributed by atoms with Gasteiger partial charge in [0.2, 0.25) is 0 Å². The van der Waals surface area contributed by atoms with E-state index in [-0.39, 0.29) is 5.69 Å². The quantitative estimate of drug-likeness (QED) is 0.644. The van der Waals surface area contributed by atoms with Crippen LogP contribution in [-0.4, -0.2) is 31.2 Å². The Morgan fingerprint density at radius 2 is 2.24 bits per heavy atom. The number of nitro groups is 1. The van der Waals surface area contributed by atoms with Crippen molar-refractivity contribution in [2.24, 2.45) is 11.7 Å². The number of nitrogens with zero attached hydrogens (tertiary/aromatic N) is 2. The third kappa shape index (κ3) is 3.10. The molecule has 0 heterocycles. The lowest BCUT2D eigenvalue weighted by molar-refractivity contribution is -0.385. The zero-order valence-corrected chi connectivity index (χ0v) is 12.6. The van der Waals surface area contributed by atoms with Crippen molar-refractivity contribution in [2.75, 3.05) is 25.1 Å². The van der Waals surface area contributed by atoms with E-state index in [4.69, 9.17) is 10.5 Å². The highest BCUT2D eigenvalue weighted by Gasteiger charge is 2.31. The average molecular weight is 293 g/mol. The van der Waals surface area contributed by atoms with Gasteiger partial charge in [-0.3, -0.25) is 10.1 Å². The lowest BCUT2D eigenvalue weighted by Gasteiger charge is -2.34. The fourth-order valence-corrected chi connectivity index (χ4v) is 3.31. The van der Waals surface area contributed by atoms with Gasteiger partial charge in [-0.15, -0.1) is 0 Å². The Labute approximate surface area is 125 Å². The van der Waals surface area contributed by atoms with E-state index in [1.807, 2.05) is 0 Å². The Bertz CT molecular complexity index is 507. The number of rotatable bonds is 6. The molecule has 0 spiro atoms. The molecule has 116 valence electrons. The summed E-state index contributed by atoms with van der Waals surface area (Å²) in [6.07, 6.45) is 3.46. The number of ether oxygens (including phenoxy) is 1. The molecule has 0 aliphatic heterocycles. The van der Waals surface area contributed by atoms with Gasteiger partial charge in [0.05, 0.1) is 12.0 Å². The predicted molar refractivity (Wildman–Crippen MR) is 82.9 cm³/mol. The first kappa shape index (κ1) is 15.6. The third-order valence-electron chi connectivity index (χ3n) is 4.35. The molecule has 2 unspecified atom stereocenters. The minimum atomic E-state index is -0.419. The van der Waals surface area contributed by atoms with Crippen LogP contribution < -0.4 is 15.4 Å². The van der Waals surface area contributed by atoms with E-state index in [1.54, 1.807) is 12.1 Å². The zero-order valence-electron chi connectivity index (χ0n) is 12.6. The van der Waals surface area contributed by atoms with E-state index in [1.165, 1.54) is 19.6 Å². The second-order valence-electron chi connectivity index (χ2n) is 5.39. The van der Waals surface area contributed by atoms with Crippen LogP contribution in [0.5, 0.6) is 5.75 Å². The summed E-state index contributed by atoms with van der Waals surface area (Å²) < 4.78 is 5.16. The summed E-state index contributed by atoms with van der Waals surface area (Å²) in [7, 11) is 1.46. The highest BCUT2D eigenvalue weighted by molar-refractivity contribution is 5.59. The molecular weight excluding hydrogens is 270 g/mol. The van der Waals surface area contributed by atoms with E-state index in [2.05, 4.69) is 11.8 Å². The van der Waals surface area contributed by atoms with E-state index < -0.39 is 4.92 Å². The zero-order chi connectivity index (χ0) is 15.4. The Hall–Kier alpha value is -1.82. The van der Waals surface area contributed by atoms with Crippen molar-refractivity contribution in [3.63, 3.8) is 0 Å². The molecule has 1 saturated carbocycles. The summed E-state index contributed by atoms with van der Waals surface area (Å²) in [5, 5.41) is 11.0. The minimum absolute atomic E-state index is 0.000833. The highest BCUT2D eigenvalue weighted by Crippen LogP contribution is 2.36. The van der Waals surface area contributed by atoms with Crippen molar-refractivity contribution in [1.82, 2.24) is 0 Å². The van der Waals surface area contributed by atoms with Crippen LogP contribution in [0.25, 0.3) is 0 Å². The van der Waals surface area contributed by atoms with Crippen molar-refractivity contribution in [3.8, 4) is 5.75 Å². The van der Waals surface area contributed by atoms with Crippen LogP contribution in [-0.2, 0) is 0 Å². The number of nitro benzene ring substituents is 1. The molecule has 0 saturated heterocycles. The fourth-order valence-electron chi connectivity index (χ4n) is 3.31. The lowest BCUT2D eigenvalue weighted by Crippen LogP contribution is -2.40. The van der Waals surface area contributed by atoms with Crippen LogP contribution in [0.4, 0.5) is 11.4 Å². The van der Waals surface area contributed by atoms with Crippen LogP contribution in [0, 0.1) is 16.0 Å². The van der Waals surface area contributed by atoms with Crippen molar-refractivity contribution < 1.29 is 9.66 Å². The van der Waals surface area contributed by atoms with Gasteiger partial charge in [0, 0.05) is 30.4 Å². The third-order valence-corrected chi connectivity index (χ3v) is 4.35. The van der Waals surface area contributed by atoms with Crippen LogP contribution in [0.15, 0.2) is 18.2 Å². The van der Waals surface area contributed by atoms with Gasteiger partial charge in [-0.25, -0.2) is 0 Å². The van der Waals surface area contributed by atoms with Gasteiger partial charge in [0.25, 0.3) is 0 Å². The number of benzene rings is 1. The second kappa shape index (κ2) is 6.76. The molecule has 1 aromatic carbocycles. The van der Waals surface area contributed by atoms with Crippen LogP contribution in [0.2, 0.25) is 0 Å². The van der Waals surface area contributed by atoms with Gasteiger partial charge in [0.15, 0.2) is 5.75 Å². The molecule has 2 rings (SSSR count). The number of hydrogen-bond donors (Lipinski definition) is 1. The molecular formula is C15H23N3O3. The Kier molecular flexibility index (Phi) is 5.01. The highest BCUT2D eigenvalue weighted by atomic mass is 16.6. The largest absolute Gasteiger partial charge is 0.490 e. The molecule has 0 aromatic heterocycles. The minimum Gasteiger partial charge on any atom is -0.490 e. The smallest absolute Gasteiger partial charge is 0.311 e. The van der Waals surface area contributed by atoms with Crippen LogP contribution >= 0.6 is 0 Å². The maximum absolute atomic E-state index is 11.0. The molecule has 2 N–H and O–H groups in total. The average Bonchev–Trinajstić information content (AvgIpc) is 2.96. The molecule has 0 bridgehead atoms. The van der Waals surface area contributed by atoms with Gasteiger partial charge >= 0.3 is 5.69 Å². The van der Waals surface area contributed by atoms with Crippen molar-refractivity contribution in [2.45, 2.75) is 32.2 Å². The van der Waals surface area contributed by atoms with E-state index in [9.17, 15) is 10.1 Å². The van der Waals surface area contributed by atoms with E-state index >= 15 is 0 Å². The number of methoxy groups -OCH3 is 1. The fraction of sp³-hybridized carbons (Fsp3) is 0.600. The molecule has 6 nitrogen and oxygen atoms in total. The summed E-state index contributed by atoms with van der Waals surface area (Å²) in [5.41, 5.74) is 6.84. The van der Waals surface area contributed by atoms with Crippen LogP contribution in [0.3, 0.4) is 0 Å². The SMILES string of the molecule is CCN(c1ccc([N+](=O)[O-])c(OC)c1)C1CCCC1CN. The Balaban J connectivity index is 2.32. The van der Waals surface area contributed by atoms with Crippen molar-refractivity contribution in [1.29, 1.82) is 0 Å². The normalized spacial score (nSPS) is 21.3. The molecule has 1 aliphatic carbocycles. The molecule has 0 amide bonds. The van der Waals surface area contributed by atoms with Gasteiger partial charge in [0.1, 0.15) is 0 Å². The van der Waals surface area contributed by atoms with E-state index in [0.29, 0.717) is 24.3 Å². The van der Waals surface area contributed by atoms with Crippen molar-refractivity contribution in [3.05, 3.63) is 28.3 Å². The molecule has 0 radical (unpaired) electrons. The summed E-state index contributed by atoms with van der Waals surface area (Å²) >= 11 is 0. The monoisotopic (exact) mass is 293 g/mol. The van der Waals surface area contributed by atoms with Gasteiger partial charge in [-0.2, -0.15) is 0 Å². The summed E-state index contributed by atoms with van der Waals surface area (Å²) in [6, 6.07) is 5.48. The summed E-state index contributed by atoms with van der Waals surface area (Å²) in [4.78, 5) is 12.9. The summed E-state index contributed by atoms with van der Waals surface area (Å²) in [6.45, 7) is 3.63. The number of nitrogens with two attached hydrogens (primary N) is 1. The molecule has 21 heavy (non-hydrogen) atoms. The first-order valence-corrected chi connectivity index (χ1v) is 7.41.